The molecular formula is C14H31N. The van der Waals surface area contributed by atoms with Crippen molar-refractivity contribution in [1.29, 1.82) is 0 Å². The Morgan fingerprint density at radius 3 is 1.47 bits per heavy atom. The fourth-order valence-electron chi connectivity index (χ4n) is 2.74. The van der Waals surface area contributed by atoms with E-state index in [4.69, 9.17) is 5.73 Å². The standard InChI is InChI=1S/C14H31N/c1-7-10(3)14(11(4)8-2)13(6)12(5)9-15/h10-14H,7-9,15H2,1-6H3. The topological polar surface area (TPSA) is 26.0 Å². The van der Waals surface area contributed by atoms with E-state index in [0.717, 1.165) is 30.2 Å². The van der Waals surface area contributed by atoms with Crippen LogP contribution in [-0.2, 0) is 0 Å². The van der Waals surface area contributed by atoms with Crippen LogP contribution in [0, 0.1) is 29.6 Å². The van der Waals surface area contributed by atoms with Crippen molar-refractivity contribution in [2.45, 2.75) is 54.4 Å². The fraction of sp³-hybridized carbons (Fsp3) is 1.00. The summed E-state index contributed by atoms with van der Waals surface area (Å²) in [4.78, 5) is 0. The summed E-state index contributed by atoms with van der Waals surface area (Å²) in [7, 11) is 0. The molecule has 15 heavy (non-hydrogen) atoms. The molecule has 0 saturated heterocycles. The average Bonchev–Trinajstić information content (AvgIpc) is 2.27. The van der Waals surface area contributed by atoms with Gasteiger partial charge in [-0.05, 0) is 36.1 Å². The highest BCUT2D eigenvalue weighted by atomic mass is 14.6. The van der Waals surface area contributed by atoms with Gasteiger partial charge in [0.15, 0.2) is 0 Å². The van der Waals surface area contributed by atoms with E-state index in [0.29, 0.717) is 5.92 Å². The van der Waals surface area contributed by atoms with Crippen molar-refractivity contribution in [2.75, 3.05) is 6.54 Å². The maximum Gasteiger partial charge on any atom is -0.00489 e. The molecule has 0 radical (unpaired) electrons. The summed E-state index contributed by atoms with van der Waals surface area (Å²) >= 11 is 0. The monoisotopic (exact) mass is 213 g/mol. The third-order valence-corrected chi connectivity index (χ3v) is 4.48. The van der Waals surface area contributed by atoms with Gasteiger partial charge in [0.05, 0.1) is 0 Å². The van der Waals surface area contributed by atoms with E-state index >= 15 is 0 Å². The summed E-state index contributed by atoms with van der Waals surface area (Å²) in [6.45, 7) is 14.9. The van der Waals surface area contributed by atoms with Crippen molar-refractivity contribution in [3.8, 4) is 0 Å². The number of nitrogens with two attached hydrogens (primary N) is 1. The number of rotatable bonds is 7. The Morgan fingerprint density at radius 1 is 0.800 bits per heavy atom. The largest absolute Gasteiger partial charge is 0.330 e. The molecule has 0 aromatic heterocycles. The Balaban J connectivity index is 4.61. The van der Waals surface area contributed by atoms with Crippen LogP contribution in [0.25, 0.3) is 0 Å². The van der Waals surface area contributed by atoms with Gasteiger partial charge < -0.3 is 5.73 Å². The zero-order chi connectivity index (χ0) is 12.0. The zero-order valence-corrected chi connectivity index (χ0v) is 11.6. The Hall–Kier alpha value is -0.0400. The SMILES string of the molecule is CCC(C)C(C(C)CC)C(C)C(C)CN. The predicted molar refractivity (Wildman–Crippen MR) is 69.8 cm³/mol. The van der Waals surface area contributed by atoms with Gasteiger partial charge in [-0.15, -0.1) is 0 Å². The zero-order valence-electron chi connectivity index (χ0n) is 11.6. The molecule has 92 valence electrons. The summed E-state index contributed by atoms with van der Waals surface area (Å²) in [5, 5.41) is 0. The Labute approximate surface area is 96.8 Å². The van der Waals surface area contributed by atoms with Crippen molar-refractivity contribution < 1.29 is 0 Å². The van der Waals surface area contributed by atoms with Crippen LogP contribution in [0.15, 0.2) is 0 Å². The van der Waals surface area contributed by atoms with Crippen LogP contribution in [0.5, 0.6) is 0 Å². The van der Waals surface area contributed by atoms with Crippen molar-refractivity contribution in [2.24, 2.45) is 35.3 Å². The maximum atomic E-state index is 5.79. The molecule has 0 aliphatic rings. The van der Waals surface area contributed by atoms with Gasteiger partial charge in [0.1, 0.15) is 0 Å². The summed E-state index contributed by atoms with van der Waals surface area (Å²) in [5.74, 6) is 3.88. The van der Waals surface area contributed by atoms with Crippen molar-refractivity contribution >= 4 is 0 Å². The third-order valence-electron chi connectivity index (χ3n) is 4.48. The van der Waals surface area contributed by atoms with E-state index < -0.39 is 0 Å². The highest BCUT2D eigenvalue weighted by Gasteiger charge is 2.29. The van der Waals surface area contributed by atoms with Crippen LogP contribution >= 0.6 is 0 Å². The van der Waals surface area contributed by atoms with Crippen LogP contribution < -0.4 is 5.73 Å². The molecule has 0 aliphatic carbocycles. The Morgan fingerprint density at radius 2 is 1.20 bits per heavy atom. The van der Waals surface area contributed by atoms with Gasteiger partial charge in [-0.25, -0.2) is 0 Å². The molecule has 1 heteroatoms. The van der Waals surface area contributed by atoms with Gasteiger partial charge in [-0.1, -0.05) is 54.4 Å². The average molecular weight is 213 g/mol. The lowest BCUT2D eigenvalue weighted by Crippen LogP contribution is -2.32. The predicted octanol–water partition coefficient (Wildman–Crippen LogP) is 3.93. The van der Waals surface area contributed by atoms with Gasteiger partial charge in [0.2, 0.25) is 0 Å². The van der Waals surface area contributed by atoms with Crippen molar-refractivity contribution in [3.63, 3.8) is 0 Å². The lowest BCUT2D eigenvalue weighted by atomic mass is 9.69. The van der Waals surface area contributed by atoms with Gasteiger partial charge >= 0.3 is 0 Å². The molecule has 0 saturated carbocycles. The van der Waals surface area contributed by atoms with Gasteiger partial charge in [-0.2, -0.15) is 0 Å². The van der Waals surface area contributed by atoms with Crippen molar-refractivity contribution in [3.05, 3.63) is 0 Å². The molecule has 0 aromatic carbocycles. The summed E-state index contributed by atoms with van der Waals surface area (Å²) < 4.78 is 0. The third kappa shape index (κ3) is 4.14. The molecule has 0 aliphatic heterocycles. The van der Waals surface area contributed by atoms with Crippen LogP contribution in [0.3, 0.4) is 0 Å². The molecule has 1 nitrogen and oxygen atoms in total. The molecule has 2 N–H and O–H groups in total. The first kappa shape index (κ1) is 15.0. The number of hydrogen-bond donors (Lipinski definition) is 1. The highest BCUT2D eigenvalue weighted by molar-refractivity contribution is 4.79. The first-order chi connectivity index (χ1) is 6.99. The molecule has 0 spiro atoms. The second-order valence-corrected chi connectivity index (χ2v) is 5.42. The molecular weight excluding hydrogens is 182 g/mol. The summed E-state index contributed by atoms with van der Waals surface area (Å²) in [6, 6.07) is 0. The summed E-state index contributed by atoms with van der Waals surface area (Å²) in [5.41, 5.74) is 5.79. The Kier molecular flexibility index (Phi) is 7.25. The fourth-order valence-corrected chi connectivity index (χ4v) is 2.74. The van der Waals surface area contributed by atoms with Crippen LogP contribution in [0.4, 0.5) is 0 Å². The van der Waals surface area contributed by atoms with Gasteiger partial charge in [0.25, 0.3) is 0 Å². The van der Waals surface area contributed by atoms with E-state index in [2.05, 4.69) is 41.5 Å². The molecule has 0 aromatic rings. The first-order valence-corrected chi connectivity index (χ1v) is 6.69. The maximum absolute atomic E-state index is 5.79. The lowest BCUT2D eigenvalue weighted by Gasteiger charge is -2.36. The van der Waals surface area contributed by atoms with Crippen molar-refractivity contribution in [1.82, 2.24) is 0 Å². The smallest absolute Gasteiger partial charge is 0.00489 e. The molecule has 0 rings (SSSR count). The molecule has 0 amide bonds. The molecule has 4 unspecified atom stereocenters. The molecule has 4 atom stereocenters. The van der Waals surface area contributed by atoms with E-state index in [1.807, 2.05) is 0 Å². The van der Waals surface area contributed by atoms with Gasteiger partial charge in [-0.3, -0.25) is 0 Å². The van der Waals surface area contributed by atoms with E-state index in [1.165, 1.54) is 12.8 Å². The highest BCUT2D eigenvalue weighted by Crippen LogP contribution is 2.35. The minimum absolute atomic E-state index is 0.651. The van der Waals surface area contributed by atoms with E-state index in [9.17, 15) is 0 Å². The second-order valence-electron chi connectivity index (χ2n) is 5.42. The second kappa shape index (κ2) is 7.27. The molecule has 0 heterocycles. The minimum Gasteiger partial charge on any atom is -0.330 e. The Bertz CT molecular complexity index is 145. The normalized spacial score (nSPS) is 21.8. The van der Waals surface area contributed by atoms with Crippen LogP contribution in [0.2, 0.25) is 0 Å². The van der Waals surface area contributed by atoms with E-state index in [-0.39, 0.29) is 0 Å². The first-order valence-electron chi connectivity index (χ1n) is 6.69. The summed E-state index contributed by atoms with van der Waals surface area (Å²) in [6.07, 6.45) is 2.58. The quantitative estimate of drug-likeness (QED) is 0.681. The van der Waals surface area contributed by atoms with Crippen LogP contribution in [-0.4, -0.2) is 6.54 Å². The number of hydrogen-bond acceptors (Lipinski definition) is 1. The minimum atomic E-state index is 0.651. The van der Waals surface area contributed by atoms with Gasteiger partial charge in [0, 0.05) is 0 Å². The van der Waals surface area contributed by atoms with Crippen LogP contribution in [0.1, 0.15) is 54.4 Å². The molecule has 0 bridgehead atoms. The lowest BCUT2D eigenvalue weighted by molar-refractivity contribution is 0.129. The van der Waals surface area contributed by atoms with E-state index in [1.54, 1.807) is 0 Å². The molecule has 0 fully saturated rings.